The molecule has 5 nitrogen and oxygen atoms in total. The second-order valence-electron chi connectivity index (χ2n) is 4.70. The van der Waals surface area contributed by atoms with Crippen molar-refractivity contribution in [3.63, 3.8) is 0 Å². The Morgan fingerprint density at radius 3 is 2.26 bits per heavy atom. The van der Waals surface area contributed by atoms with E-state index >= 15 is 0 Å². The van der Waals surface area contributed by atoms with E-state index in [2.05, 4.69) is 0 Å². The molecule has 19 heavy (non-hydrogen) atoms. The van der Waals surface area contributed by atoms with Gasteiger partial charge in [-0.15, -0.1) is 0 Å². The topological polar surface area (TPSA) is 81.9 Å². The summed E-state index contributed by atoms with van der Waals surface area (Å²) in [5.74, 6) is 0.120. The Labute approximate surface area is 112 Å². The molecule has 5 heteroatoms. The molecular formula is C14H19NO4. The first-order valence-corrected chi connectivity index (χ1v) is 6.24. The summed E-state index contributed by atoms with van der Waals surface area (Å²) in [6, 6.07) is 5.16. The van der Waals surface area contributed by atoms with Gasteiger partial charge in [0.1, 0.15) is 11.6 Å². The molecule has 0 aliphatic rings. The number of ketones is 2. The number of nitrogens with one attached hydrogen (secondary N) is 1. The van der Waals surface area contributed by atoms with Gasteiger partial charge in [0, 0.05) is 24.5 Å². The predicted molar refractivity (Wildman–Crippen MR) is 70.2 cm³/mol. The van der Waals surface area contributed by atoms with Crippen LogP contribution in [0.1, 0.15) is 37.8 Å². The molecule has 0 amide bonds. The lowest BCUT2D eigenvalue weighted by atomic mass is 10.0. The van der Waals surface area contributed by atoms with Crippen LogP contribution in [0.5, 0.6) is 0 Å². The van der Waals surface area contributed by atoms with E-state index < -0.39 is 5.23 Å². The van der Waals surface area contributed by atoms with E-state index in [9.17, 15) is 20.0 Å². The van der Waals surface area contributed by atoms with Crippen LogP contribution in [0, 0.1) is 5.21 Å². The number of aryl methyl sites for hydroxylation is 2. The normalized spacial score (nSPS) is 12.2. The smallest absolute Gasteiger partial charge is 0.167 e. The standard InChI is InChI=1S/C14H19NO4/c1-10(16)3-5-12-6-8-13(7-4-11(2)17)14(9-12)15(18)19/h6,8-9,15,18H,3-5,7H2,1-2H3. The molecule has 0 aliphatic carbocycles. The highest BCUT2D eigenvalue weighted by molar-refractivity contribution is 5.76. The van der Waals surface area contributed by atoms with Gasteiger partial charge in [0.05, 0.1) is 0 Å². The number of carbonyl (C=O) groups is 2. The highest BCUT2D eigenvalue weighted by Crippen LogP contribution is 2.17. The molecule has 1 unspecified atom stereocenters. The average Bonchev–Trinajstić information content (AvgIpc) is 2.33. The molecule has 0 spiro atoms. The van der Waals surface area contributed by atoms with Crippen LogP contribution in [0.15, 0.2) is 18.2 Å². The van der Waals surface area contributed by atoms with E-state index in [0.717, 1.165) is 5.56 Å². The van der Waals surface area contributed by atoms with Crippen molar-refractivity contribution < 1.29 is 20.0 Å². The van der Waals surface area contributed by atoms with Crippen LogP contribution in [0.25, 0.3) is 0 Å². The molecule has 1 atom stereocenters. The Kier molecular flexibility index (Phi) is 5.82. The van der Waals surface area contributed by atoms with Gasteiger partial charge in [-0.3, -0.25) is 0 Å². The maximum Gasteiger partial charge on any atom is 0.167 e. The van der Waals surface area contributed by atoms with E-state index in [4.69, 9.17) is 0 Å². The van der Waals surface area contributed by atoms with Gasteiger partial charge in [-0.2, -0.15) is 5.23 Å². The van der Waals surface area contributed by atoms with Crippen molar-refractivity contribution in [3.05, 3.63) is 34.5 Å². The van der Waals surface area contributed by atoms with E-state index in [1.807, 2.05) is 6.07 Å². The molecule has 104 valence electrons. The van der Waals surface area contributed by atoms with Gasteiger partial charge in [-0.25, -0.2) is 5.21 Å². The molecule has 1 rings (SSSR count). The summed E-state index contributed by atoms with van der Waals surface area (Å²) in [7, 11) is 0. The van der Waals surface area contributed by atoms with Crippen LogP contribution in [-0.2, 0) is 22.4 Å². The van der Waals surface area contributed by atoms with Crippen molar-refractivity contribution in [1.29, 1.82) is 0 Å². The third-order valence-electron chi connectivity index (χ3n) is 2.92. The van der Waals surface area contributed by atoms with Crippen molar-refractivity contribution in [3.8, 4) is 0 Å². The first-order valence-electron chi connectivity index (χ1n) is 6.24. The Hall–Kier alpha value is -1.56. The summed E-state index contributed by atoms with van der Waals surface area (Å²) in [5, 5.41) is 19.4. The first-order chi connectivity index (χ1) is 8.90. The fourth-order valence-corrected chi connectivity index (χ4v) is 1.83. The van der Waals surface area contributed by atoms with Crippen molar-refractivity contribution >= 4 is 17.3 Å². The van der Waals surface area contributed by atoms with Gasteiger partial charge < -0.3 is 14.8 Å². The number of rotatable bonds is 7. The second kappa shape index (κ2) is 7.13. The zero-order valence-corrected chi connectivity index (χ0v) is 11.2. The predicted octanol–water partition coefficient (Wildman–Crippen LogP) is 1.13. The molecule has 0 heterocycles. The molecular weight excluding hydrogens is 246 g/mol. The summed E-state index contributed by atoms with van der Waals surface area (Å²) in [4.78, 5) is 21.9. The Balaban J connectivity index is 2.87. The summed E-state index contributed by atoms with van der Waals surface area (Å²) in [6.45, 7) is 3.00. The fourth-order valence-electron chi connectivity index (χ4n) is 1.83. The van der Waals surface area contributed by atoms with Gasteiger partial charge in [0.2, 0.25) is 0 Å². The molecule has 2 N–H and O–H groups in total. The largest absolute Gasteiger partial charge is 0.595 e. The van der Waals surface area contributed by atoms with Crippen LogP contribution in [0.4, 0.5) is 5.69 Å². The lowest BCUT2D eigenvalue weighted by molar-refractivity contribution is -0.991. The number of Topliss-reactive ketones (excluding diaryl/α,β-unsaturated/α-hetero) is 2. The van der Waals surface area contributed by atoms with Gasteiger partial charge >= 0.3 is 0 Å². The van der Waals surface area contributed by atoms with Crippen molar-refractivity contribution in [2.24, 2.45) is 0 Å². The average molecular weight is 265 g/mol. The number of quaternary nitrogens is 1. The van der Waals surface area contributed by atoms with Gasteiger partial charge in [0.15, 0.2) is 5.69 Å². The second-order valence-corrected chi connectivity index (χ2v) is 4.70. The molecule has 0 aliphatic heterocycles. The minimum atomic E-state index is -0.997. The highest BCUT2D eigenvalue weighted by Gasteiger charge is 2.11. The van der Waals surface area contributed by atoms with Crippen molar-refractivity contribution in [1.82, 2.24) is 0 Å². The van der Waals surface area contributed by atoms with Crippen molar-refractivity contribution in [2.45, 2.75) is 39.5 Å². The SMILES string of the molecule is CC(=O)CCc1ccc(CCC(C)=O)c([NH+]([O-])O)c1. The number of benzene rings is 1. The molecule has 0 bridgehead atoms. The maximum atomic E-state index is 11.2. The third-order valence-corrected chi connectivity index (χ3v) is 2.92. The van der Waals surface area contributed by atoms with Gasteiger partial charge in [-0.05, 0) is 32.3 Å². The summed E-state index contributed by atoms with van der Waals surface area (Å²) < 4.78 is 0. The molecule has 0 saturated carbocycles. The van der Waals surface area contributed by atoms with Gasteiger partial charge in [0.25, 0.3) is 0 Å². The van der Waals surface area contributed by atoms with Crippen molar-refractivity contribution in [2.75, 3.05) is 0 Å². The third kappa shape index (κ3) is 5.30. The fraction of sp³-hybridized carbons (Fsp3) is 0.429. The molecule has 0 aromatic heterocycles. The molecule has 1 aromatic rings. The molecule has 0 saturated heterocycles. The lowest BCUT2D eigenvalue weighted by Crippen LogP contribution is -2.99. The van der Waals surface area contributed by atoms with E-state index in [1.165, 1.54) is 13.8 Å². The molecule has 0 radical (unpaired) electrons. The quantitative estimate of drug-likeness (QED) is 0.724. The molecule has 1 aromatic carbocycles. The number of hydrogen-bond acceptors (Lipinski definition) is 4. The van der Waals surface area contributed by atoms with E-state index in [1.54, 1.807) is 12.1 Å². The van der Waals surface area contributed by atoms with Crippen LogP contribution >= 0.6 is 0 Å². The van der Waals surface area contributed by atoms with Crippen LogP contribution in [0.2, 0.25) is 0 Å². The van der Waals surface area contributed by atoms with Crippen LogP contribution < -0.4 is 5.23 Å². The summed E-state index contributed by atoms with van der Waals surface area (Å²) in [5.41, 5.74) is 1.72. The Bertz CT molecular complexity index is 469. The van der Waals surface area contributed by atoms with E-state index in [-0.39, 0.29) is 17.3 Å². The Morgan fingerprint density at radius 2 is 1.74 bits per heavy atom. The zero-order valence-electron chi connectivity index (χ0n) is 11.2. The summed E-state index contributed by atoms with van der Waals surface area (Å²) >= 11 is 0. The number of hydrogen-bond donors (Lipinski definition) is 2. The molecule has 0 fully saturated rings. The minimum absolute atomic E-state index is 0.0389. The summed E-state index contributed by atoms with van der Waals surface area (Å²) in [6.07, 6.45) is 1.73. The van der Waals surface area contributed by atoms with Crippen LogP contribution in [0.3, 0.4) is 0 Å². The van der Waals surface area contributed by atoms with E-state index in [0.29, 0.717) is 31.2 Å². The minimum Gasteiger partial charge on any atom is -0.595 e. The van der Waals surface area contributed by atoms with Crippen LogP contribution in [-0.4, -0.2) is 16.8 Å². The Morgan fingerprint density at radius 1 is 1.16 bits per heavy atom. The zero-order chi connectivity index (χ0) is 14.4. The lowest BCUT2D eigenvalue weighted by Gasteiger charge is -2.16. The first kappa shape index (κ1) is 15.5. The maximum absolute atomic E-state index is 11.2. The highest BCUT2D eigenvalue weighted by atomic mass is 16.8. The number of carbonyl (C=O) groups excluding carboxylic acids is 2. The monoisotopic (exact) mass is 265 g/mol. The van der Waals surface area contributed by atoms with Gasteiger partial charge in [-0.1, -0.05) is 12.1 Å².